The summed E-state index contributed by atoms with van der Waals surface area (Å²) in [5, 5.41) is 9.25. The van der Waals surface area contributed by atoms with E-state index in [-0.39, 0.29) is 30.5 Å². The molecule has 0 aromatic rings. The number of ether oxygens (including phenoxy) is 1. The first kappa shape index (κ1) is 12.7. The molecule has 3 N–H and O–H groups in total. The van der Waals surface area contributed by atoms with Crippen LogP contribution in [0.1, 0.15) is 6.42 Å². The van der Waals surface area contributed by atoms with Crippen LogP contribution in [0.5, 0.6) is 0 Å². The third-order valence-corrected chi connectivity index (χ3v) is 2.87. The molecule has 6 heteroatoms. The van der Waals surface area contributed by atoms with Gasteiger partial charge < -0.3 is 20.7 Å². The molecule has 2 fully saturated rings. The van der Waals surface area contributed by atoms with Crippen LogP contribution < -0.4 is 16.0 Å². The highest BCUT2D eigenvalue weighted by Crippen LogP contribution is 2.09. The van der Waals surface area contributed by atoms with E-state index >= 15 is 0 Å². The quantitative estimate of drug-likeness (QED) is 0.580. The largest absolute Gasteiger partial charge is 0.380 e. The van der Waals surface area contributed by atoms with Crippen LogP contribution in [0.25, 0.3) is 0 Å². The van der Waals surface area contributed by atoms with Crippen LogP contribution in [-0.2, 0) is 9.53 Å². The first-order valence-electron chi connectivity index (χ1n) is 5.07. The van der Waals surface area contributed by atoms with Gasteiger partial charge in [0.05, 0.1) is 18.2 Å². The summed E-state index contributed by atoms with van der Waals surface area (Å²) < 4.78 is 5.18. The monoisotopic (exact) mass is 235 g/mol. The molecule has 0 radical (unpaired) electrons. The second-order valence-electron chi connectivity index (χ2n) is 3.92. The van der Waals surface area contributed by atoms with E-state index in [0.717, 1.165) is 26.1 Å². The van der Waals surface area contributed by atoms with Crippen LogP contribution in [0.4, 0.5) is 0 Å². The van der Waals surface area contributed by atoms with E-state index in [9.17, 15) is 4.79 Å². The molecule has 2 heterocycles. The molecule has 0 aromatic carbocycles. The highest BCUT2D eigenvalue weighted by atomic mass is 35.5. The average molecular weight is 236 g/mol. The van der Waals surface area contributed by atoms with E-state index in [1.54, 1.807) is 7.11 Å². The van der Waals surface area contributed by atoms with Crippen molar-refractivity contribution in [1.82, 2.24) is 16.0 Å². The van der Waals surface area contributed by atoms with Crippen LogP contribution in [0, 0.1) is 0 Å². The molecule has 15 heavy (non-hydrogen) atoms. The van der Waals surface area contributed by atoms with E-state index in [2.05, 4.69) is 16.0 Å². The standard InChI is InChI=1S/C9H17N3O2.ClH/c1-14-7-2-8(11-5-7)9(13)12-6-3-10-4-6;/h6-8,10-11H,2-5H2,1H3,(H,12,13);1H/t7-,8+;/m1./s1. The minimum Gasteiger partial charge on any atom is -0.380 e. The molecule has 0 spiro atoms. The maximum atomic E-state index is 11.7. The summed E-state index contributed by atoms with van der Waals surface area (Å²) in [6, 6.07) is 0.256. The van der Waals surface area contributed by atoms with Crippen molar-refractivity contribution in [2.24, 2.45) is 0 Å². The Bertz CT molecular complexity index is 223. The Morgan fingerprint density at radius 3 is 2.60 bits per heavy atom. The SMILES string of the molecule is CO[C@H]1CN[C@H](C(=O)NC2CNC2)C1.Cl. The van der Waals surface area contributed by atoms with Crippen LogP contribution >= 0.6 is 12.4 Å². The van der Waals surface area contributed by atoms with Gasteiger partial charge in [0.2, 0.25) is 5.91 Å². The molecular formula is C9H18ClN3O2. The second-order valence-corrected chi connectivity index (χ2v) is 3.92. The van der Waals surface area contributed by atoms with Gasteiger partial charge in [-0.15, -0.1) is 12.4 Å². The van der Waals surface area contributed by atoms with Crippen molar-refractivity contribution < 1.29 is 9.53 Å². The number of amides is 1. The molecule has 0 unspecified atom stereocenters. The summed E-state index contributed by atoms with van der Waals surface area (Å²) in [5.41, 5.74) is 0. The van der Waals surface area contributed by atoms with Crippen molar-refractivity contribution in [1.29, 1.82) is 0 Å². The van der Waals surface area contributed by atoms with E-state index in [1.807, 2.05) is 0 Å². The number of hydrogen-bond donors (Lipinski definition) is 3. The number of carbonyl (C=O) groups is 1. The van der Waals surface area contributed by atoms with Crippen LogP contribution in [-0.4, -0.2) is 50.8 Å². The molecule has 2 rings (SSSR count). The number of halogens is 1. The van der Waals surface area contributed by atoms with E-state index < -0.39 is 0 Å². The van der Waals surface area contributed by atoms with Crippen molar-refractivity contribution in [2.75, 3.05) is 26.7 Å². The lowest BCUT2D eigenvalue weighted by Crippen LogP contribution is -2.59. The number of carbonyl (C=O) groups excluding carboxylic acids is 1. The van der Waals surface area contributed by atoms with Gasteiger partial charge in [0, 0.05) is 26.7 Å². The van der Waals surface area contributed by atoms with Crippen molar-refractivity contribution >= 4 is 18.3 Å². The summed E-state index contributed by atoms with van der Waals surface area (Å²) in [5.74, 6) is 0.107. The first-order valence-corrected chi connectivity index (χ1v) is 5.07. The van der Waals surface area contributed by atoms with Crippen LogP contribution in [0.3, 0.4) is 0 Å². The zero-order chi connectivity index (χ0) is 9.97. The van der Waals surface area contributed by atoms with Crippen LogP contribution in [0.15, 0.2) is 0 Å². The van der Waals surface area contributed by atoms with E-state index in [0.29, 0.717) is 6.04 Å². The maximum absolute atomic E-state index is 11.7. The fourth-order valence-corrected chi connectivity index (χ4v) is 1.78. The third kappa shape index (κ3) is 3.04. The number of methoxy groups -OCH3 is 1. The molecule has 88 valence electrons. The maximum Gasteiger partial charge on any atom is 0.237 e. The molecule has 0 bridgehead atoms. The molecule has 5 nitrogen and oxygen atoms in total. The Labute approximate surface area is 95.7 Å². The van der Waals surface area contributed by atoms with Gasteiger partial charge in [0.15, 0.2) is 0 Å². The van der Waals surface area contributed by atoms with Gasteiger partial charge in [-0.2, -0.15) is 0 Å². The molecule has 2 aliphatic heterocycles. The zero-order valence-corrected chi connectivity index (χ0v) is 9.60. The van der Waals surface area contributed by atoms with E-state index in [4.69, 9.17) is 4.74 Å². The van der Waals surface area contributed by atoms with E-state index in [1.165, 1.54) is 0 Å². The molecule has 0 saturated carbocycles. The Balaban J connectivity index is 0.00000112. The predicted octanol–water partition coefficient (Wildman–Crippen LogP) is -1.13. The van der Waals surface area contributed by atoms with Gasteiger partial charge in [-0.3, -0.25) is 4.79 Å². The summed E-state index contributed by atoms with van der Waals surface area (Å²) in [6.45, 7) is 2.57. The summed E-state index contributed by atoms with van der Waals surface area (Å²) >= 11 is 0. The Kier molecular flexibility index (Phi) is 4.79. The van der Waals surface area contributed by atoms with Gasteiger partial charge in [0.25, 0.3) is 0 Å². The Morgan fingerprint density at radius 2 is 2.13 bits per heavy atom. The molecule has 2 aliphatic rings. The lowest BCUT2D eigenvalue weighted by Gasteiger charge is -2.29. The predicted molar refractivity (Wildman–Crippen MR) is 59.3 cm³/mol. The first-order chi connectivity index (χ1) is 6.79. The number of nitrogens with one attached hydrogen (secondary N) is 3. The lowest BCUT2D eigenvalue weighted by molar-refractivity contribution is -0.124. The van der Waals surface area contributed by atoms with Crippen molar-refractivity contribution in [3.8, 4) is 0 Å². The second kappa shape index (κ2) is 5.65. The molecule has 0 aromatic heterocycles. The lowest BCUT2D eigenvalue weighted by atomic mass is 10.1. The summed E-state index contributed by atoms with van der Waals surface area (Å²) in [7, 11) is 1.68. The minimum absolute atomic E-state index is 0. The summed E-state index contributed by atoms with van der Waals surface area (Å²) in [6.07, 6.45) is 0.966. The average Bonchev–Trinajstić information content (AvgIpc) is 2.59. The van der Waals surface area contributed by atoms with Gasteiger partial charge in [-0.25, -0.2) is 0 Å². The topological polar surface area (TPSA) is 62.4 Å². The summed E-state index contributed by atoms with van der Waals surface area (Å²) in [4.78, 5) is 11.7. The smallest absolute Gasteiger partial charge is 0.237 e. The van der Waals surface area contributed by atoms with Crippen LogP contribution in [0.2, 0.25) is 0 Å². The highest BCUT2D eigenvalue weighted by molar-refractivity contribution is 5.85. The minimum atomic E-state index is -0.0689. The van der Waals surface area contributed by atoms with Crippen molar-refractivity contribution in [3.63, 3.8) is 0 Å². The Hall–Kier alpha value is -0.360. The molecular weight excluding hydrogens is 218 g/mol. The molecule has 2 atom stereocenters. The zero-order valence-electron chi connectivity index (χ0n) is 8.79. The number of rotatable bonds is 3. The fourth-order valence-electron chi connectivity index (χ4n) is 1.78. The van der Waals surface area contributed by atoms with Crippen molar-refractivity contribution in [3.05, 3.63) is 0 Å². The highest BCUT2D eigenvalue weighted by Gasteiger charge is 2.31. The van der Waals surface area contributed by atoms with Gasteiger partial charge >= 0.3 is 0 Å². The third-order valence-electron chi connectivity index (χ3n) is 2.87. The van der Waals surface area contributed by atoms with Gasteiger partial charge in [-0.05, 0) is 6.42 Å². The van der Waals surface area contributed by atoms with Gasteiger partial charge in [0.1, 0.15) is 0 Å². The molecule has 1 amide bonds. The molecule has 0 aliphatic carbocycles. The molecule has 2 saturated heterocycles. The number of hydrogen-bond acceptors (Lipinski definition) is 4. The normalized spacial score (nSPS) is 30.5. The Morgan fingerprint density at radius 1 is 1.40 bits per heavy atom. The fraction of sp³-hybridized carbons (Fsp3) is 0.889. The van der Waals surface area contributed by atoms with Gasteiger partial charge in [-0.1, -0.05) is 0 Å². The van der Waals surface area contributed by atoms with Crippen molar-refractivity contribution in [2.45, 2.75) is 24.6 Å².